The van der Waals surface area contributed by atoms with Crippen LogP contribution in [0.15, 0.2) is 0 Å². The van der Waals surface area contributed by atoms with Gasteiger partial charge < -0.3 is 15.2 Å². The zero-order valence-electron chi connectivity index (χ0n) is 9.00. The van der Waals surface area contributed by atoms with Gasteiger partial charge in [0.15, 0.2) is 0 Å². The van der Waals surface area contributed by atoms with Crippen LogP contribution in [0.2, 0.25) is 0 Å². The molecule has 14 heavy (non-hydrogen) atoms. The van der Waals surface area contributed by atoms with Crippen molar-refractivity contribution in [1.29, 1.82) is 0 Å². The average molecular weight is 199 g/mol. The molecule has 0 radical (unpaired) electrons. The Morgan fingerprint density at radius 1 is 1.43 bits per heavy atom. The first-order valence-electron chi connectivity index (χ1n) is 5.68. The van der Waals surface area contributed by atoms with Gasteiger partial charge in [0.2, 0.25) is 0 Å². The number of methoxy groups -OCH3 is 1. The first-order valence-corrected chi connectivity index (χ1v) is 5.68. The molecule has 2 aliphatic rings. The van der Waals surface area contributed by atoms with Crippen molar-refractivity contribution in [3.63, 3.8) is 0 Å². The second-order valence-corrected chi connectivity index (χ2v) is 4.71. The van der Waals surface area contributed by atoms with Crippen molar-refractivity contribution in [2.45, 2.75) is 56.3 Å². The van der Waals surface area contributed by atoms with Crippen LogP contribution in [0.4, 0.5) is 0 Å². The number of ether oxygens (including phenoxy) is 2. The summed E-state index contributed by atoms with van der Waals surface area (Å²) in [5.41, 5.74) is 6.34. The van der Waals surface area contributed by atoms with E-state index >= 15 is 0 Å². The van der Waals surface area contributed by atoms with Crippen molar-refractivity contribution in [2.75, 3.05) is 13.7 Å². The van der Waals surface area contributed by atoms with Crippen molar-refractivity contribution in [2.24, 2.45) is 5.73 Å². The summed E-state index contributed by atoms with van der Waals surface area (Å²) in [6.45, 7) is 0.852. The van der Waals surface area contributed by atoms with E-state index < -0.39 is 0 Å². The lowest BCUT2D eigenvalue weighted by Crippen LogP contribution is -2.48. The van der Waals surface area contributed by atoms with Crippen LogP contribution in [-0.4, -0.2) is 31.5 Å². The first kappa shape index (κ1) is 10.4. The van der Waals surface area contributed by atoms with E-state index in [4.69, 9.17) is 15.2 Å². The highest BCUT2D eigenvalue weighted by molar-refractivity contribution is 5.04. The smallest absolute Gasteiger partial charge is 0.0760 e. The number of nitrogens with two attached hydrogens (primary N) is 1. The lowest BCUT2D eigenvalue weighted by atomic mass is 9.79. The van der Waals surface area contributed by atoms with Gasteiger partial charge in [0.05, 0.1) is 12.2 Å². The minimum absolute atomic E-state index is 0.0172. The Kier molecular flexibility index (Phi) is 3.10. The maximum absolute atomic E-state index is 6.36. The van der Waals surface area contributed by atoms with Crippen LogP contribution >= 0.6 is 0 Å². The molecule has 0 aliphatic carbocycles. The summed E-state index contributed by atoms with van der Waals surface area (Å²) < 4.78 is 10.8. The molecule has 2 N–H and O–H groups in total. The van der Waals surface area contributed by atoms with Gasteiger partial charge in [-0.15, -0.1) is 0 Å². The Balaban J connectivity index is 1.74. The van der Waals surface area contributed by atoms with Crippen LogP contribution in [0.5, 0.6) is 0 Å². The van der Waals surface area contributed by atoms with Crippen molar-refractivity contribution in [1.82, 2.24) is 0 Å². The van der Waals surface area contributed by atoms with E-state index in [0.717, 1.165) is 32.3 Å². The molecule has 2 bridgehead atoms. The SMILES string of the molecule is COCCCCC1(N)CC2CCC1O2. The summed E-state index contributed by atoms with van der Waals surface area (Å²) in [7, 11) is 1.75. The maximum atomic E-state index is 6.36. The monoisotopic (exact) mass is 199 g/mol. The van der Waals surface area contributed by atoms with Crippen molar-refractivity contribution < 1.29 is 9.47 Å². The molecule has 0 spiro atoms. The standard InChI is InChI=1S/C11H21NO2/c1-13-7-3-2-6-11(12)8-9-4-5-10(11)14-9/h9-10H,2-8,12H2,1H3. The molecule has 3 nitrogen and oxygen atoms in total. The quantitative estimate of drug-likeness (QED) is 0.682. The lowest BCUT2D eigenvalue weighted by Gasteiger charge is -2.31. The molecular formula is C11H21NO2. The van der Waals surface area contributed by atoms with E-state index in [9.17, 15) is 0 Å². The van der Waals surface area contributed by atoms with Crippen LogP contribution < -0.4 is 5.73 Å². The zero-order chi connectivity index (χ0) is 10.0. The molecule has 0 aromatic rings. The first-order chi connectivity index (χ1) is 6.74. The van der Waals surface area contributed by atoms with Crippen LogP contribution in [-0.2, 0) is 9.47 Å². The van der Waals surface area contributed by atoms with E-state index in [2.05, 4.69) is 0 Å². The molecule has 2 aliphatic heterocycles. The van der Waals surface area contributed by atoms with E-state index in [1.807, 2.05) is 0 Å². The molecule has 0 aromatic heterocycles. The molecule has 3 atom stereocenters. The van der Waals surface area contributed by atoms with Crippen molar-refractivity contribution in [3.8, 4) is 0 Å². The van der Waals surface area contributed by atoms with Gasteiger partial charge in [0.25, 0.3) is 0 Å². The van der Waals surface area contributed by atoms with Crippen LogP contribution in [0.1, 0.15) is 38.5 Å². The zero-order valence-corrected chi connectivity index (χ0v) is 9.00. The Morgan fingerprint density at radius 2 is 2.29 bits per heavy atom. The fourth-order valence-electron chi connectivity index (χ4n) is 2.80. The van der Waals surface area contributed by atoms with E-state index in [1.54, 1.807) is 7.11 Å². The highest BCUT2D eigenvalue weighted by Crippen LogP contribution is 2.42. The Labute approximate surface area is 85.9 Å². The van der Waals surface area contributed by atoms with Gasteiger partial charge in [-0.3, -0.25) is 0 Å². The molecular weight excluding hydrogens is 178 g/mol. The maximum Gasteiger partial charge on any atom is 0.0760 e. The topological polar surface area (TPSA) is 44.5 Å². The molecule has 2 saturated heterocycles. The molecule has 3 heteroatoms. The summed E-state index contributed by atoms with van der Waals surface area (Å²) in [5.74, 6) is 0. The number of hydrogen-bond acceptors (Lipinski definition) is 3. The van der Waals surface area contributed by atoms with Crippen molar-refractivity contribution >= 4 is 0 Å². The number of unbranched alkanes of at least 4 members (excludes halogenated alkanes) is 1. The van der Waals surface area contributed by atoms with Gasteiger partial charge in [0.1, 0.15) is 0 Å². The fraction of sp³-hybridized carbons (Fsp3) is 1.00. The van der Waals surface area contributed by atoms with E-state index in [-0.39, 0.29) is 5.54 Å². The minimum atomic E-state index is -0.0172. The Morgan fingerprint density at radius 3 is 2.86 bits per heavy atom. The third-order valence-corrected chi connectivity index (χ3v) is 3.60. The van der Waals surface area contributed by atoms with Crippen LogP contribution in [0.3, 0.4) is 0 Å². The van der Waals surface area contributed by atoms with Gasteiger partial charge in [-0.2, -0.15) is 0 Å². The van der Waals surface area contributed by atoms with Gasteiger partial charge in [-0.05, 0) is 38.5 Å². The van der Waals surface area contributed by atoms with Gasteiger partial charge in [-0.1, -0.05) is 0 Å². The summed E-state index contributed by atoms with van der Waals surface area (Å²) in [5, 5.41) is 0. The average Bonchev–Trinajstić information content (AvgIpc) is 2.72. The predicted molar refractivity (Wildman–Crippen MR) is 55.2 cm³/mol. The second kappa shape index (κ2) is 4.17. The van der Waals surface area contributed by atoms with Gasteiger partial charge in [-0.25, -0.2) is 0 Å². The normalized spacial score (nSPS) is 40.7. The highest BCUT2D eigenvalue weighted by Gasteiger charge is 2.49. The van der Waals surface area contributed by atoms with Crippen LogP contribution in [0, 0.1) is 0 Å². The predicted octanol–water partition coefficient (Wildman–Crippen LogP) is 1.45. The minimum Gasteiger partial charge on any atom is -0.385 e. The fourth-order valence-corrected chi connectivity index (χ4v) is 2.80. The molecule has 2 rings (SSSR count). The molecule has 0 saturated carbocycles. The highest BCUT2D eigenvalue weighted by atomic mass is 16.5. The molecule has 0 amide bonds. The number of rotatable bonds is 5. The Hall–Kier alpha value is -0.120. The second-order valence-electron chi connectivity index (χ2n) is 4.71. The third kappa shape index (κ3) is 1.95. The molecule has 3 unspecified atom stereocenters. The largest absolute Gasteiger partial charge is 0.385 e. The Bertz CT molecular complexity index is 198. The lowest BCUT2D eigenvalue weighted by molar-refractivity contribution is 0.0825. The summed E-state index contributed by atoms with van der Waals surface area (Å²) >= 11 is 0. The molecule has 2 heterocycles. The van der Waals surface area contributed by atoms with Gasteiger partial charge in [0, 0.05) is 19.3 Å². The van der Waals surface area contributed by atoms with E-state index in [0.29, 0.717) is 12.2 Å². The third-order valence-electron chi connectivity index (χ3n) is 3.60. The number of hydrogen-bond donors (Lipinski definition) is 1. The van der Waals surface area contributed by atoms with E-state index in [1.165, 1.54) is 12.8 Å². The summed E-state index contributed by atoms with van der Waals surface area (Å²) in [6.07, 6.45) is 7.65. The summed E-state index contributed by atoms with van der Waals surface area (Å²) in [4.78, 5) is 0. The molecule has 0 aromatic carbocycles. The van der Waals surface area contributed by atoms with Gasteiger partial charge >= 0.3 is 0 Å². The molecule has 2 fully saturated rings. The van der Waals surface area contributed by atoms with Crippen molar-refractivity contribution in [3.05, 3.63) is 0 Å². The summed E-state index contributed by atoms with van der Waals surface area (Å²) in [6, 6.07) is 0. The molecule has 82 valence electrons. The van der Waals surface area contributed by atoms with Crippen LogP contribution in [0.25, 0.3) is 0 Å². The number of fused-ring (bicyclic) bond motifs is 2.